The van der Waals surface area contributed by atoms with Gasteiger partial charge >= 0.3 is 0 Å². The second kappa shape index (κ2) is 9.07. The number of halogens is 2. The quantitative estimate of drug-likeness (QED) is 0.226. The molecule has 5 nitrogen and oxygen atoms in total. The van der Waals surface area contributed by atoms with Crippen molar-refractivity contribution >= 4 is 33.8 Å². The fraction of sp³-hybridized carbons (Fsp3) is 0.250. The lowest BCUT2D eigenvalue weighted by Gasteiger charge is -2.30. The molecule has 6 rings (SSSR count). The maximum absolute atomic E-state index is 15.8. The van der Waals surface area contributed by atoms with Crippen molar-refractivity contribution in [1.82, 2.24) is 19.9 Å². The molecule has 1 aliphatic rings. The molecule has 0 spiro atoms. The molecule has 0 amide bonds. The van der Waals surface area contributed by atoms with Crippen molar-refractivity contribution < 1.29 is 9.13 Å². The molecule has 0 bridgehead atoms. The van der Waals surface area contributed by atoms with Gasteiger partial charge in [-0.2, -0.15) is 0 Å². The van der Waals surface area contributed by atoms with Gasteiger partial charge in [0.25, 0.3) is 0 Å². The van der Waals surface area contributed by atoms with Crippen molar-refractivity contribution in [1.29, 1.82) is 0 Å². The molecule has 184 valence electrons. The number of ether oxygens (including phenoxy) is 1. The first kappa shape index (κ1) is 23.3. The van der Waals surface area contributed by atoms with Gasteiger partial charge in [0, 0.05) is 20.8 Å². The van der Waals surface area contributed by atoms with E-state index in [4.69, 9.17) is 16.3 Å². The van der Waals surface area contributed by atoms with Gasteiger partial charge in [-0.15, -0.1) is 11.3 Å². The molecule has 0 fully saturated rings. The van der Waals surface area contributed by atoms with Crippen molar-refractivity contribution in [3.63, 3.8) is 0 Å². The maximum Gasteiger partial charge on any atom is 0.212 e. The Labute approximate surface area is 217 Å². The zero-order chi connectivity index (χ0) is 25.0. The number of hydrogen-bond donors (Lipinski definition) is 2. The molecule has 8 heteroatoms. The van der Waals surface area contributed by atoms with Crippen LogP contribution < -0.4 is 10.1 Å². The topological polar surface area (TPSA) is 54.9 Å². The molecular formula is C28H26ClFN4OS. The summed E-state index contributed by atoms with van der Waals surface area (Å²) in [4.78, 5) is 10.1. The van der Waals surface area contributed by atoms with E-state index in [9.17, 15) is 0 Å². The molecule has 0 saturated heterocycles. The third-order valence-corrected chi connectivity index (χ3v) is 8.09. The Morgan fingerprint density at radius 2 is 2.06 bits per heavy atom. The Kier molecular flexibility index (Phi) is 5.86. The van der Waals surface area contributed by atoms with Crippen LogP contribution in [-0.2, 0) is 6.54 Å². The number of H-pyrrole nitrogens is 1. The van der Waals surface area contributed by atoms with Crippen LogP contribution in [0.25, 0.3) is 33.4 Å². The van der Waals surface area contributed by atoms with E-state index in [1.807, 2.05) is 30.3 Å². The van der Waals surface area contributed by atoms with Gasteiger partial charge in [0.2, 0.25) is 6.23 Å². The van der Waals surface area contributed by atoms with Crippen molar-refractivity contribution in [2.24, 2.45) is 0 Å². The predicted octanol–water partition coefficient (Wildman–Crippen LogP) is 7.61. The fourth-order valence-corrected chi connectivity index (χ4v) is 6.04. The highest BCUT2D eigenvalue weighted by Crippen LogP contribution is 2.48. The summed E-state index contributed by atoms with van der Waals surface area (Å²) in [5.74, 6) is 0.993. The third-order valence-electron chi connectivity index (χ3n) is 6.67. The molecule has 1 aliphatic heterocycles. The first-order valence-corrected chi connectivity index (χ1v) is 13.3. The first-order valence-electron chi connectivity index (χ1n) is 12.1. The monoisotopic (exact) mass is 520 g/mol. The molecule has 2 N–H and O–H groups in total. The number of aromatic amines is 1. The average molecular weight is 521 g/mol. The van der Waals surface area contributed by atoms with Crippen molar-refractivity contribution in [2.75, 3.05) is 6.54 Å². The molecule has 5 aromatic rings. The third kappa shape index (κ3) is 3.92. The van der Waals surface area contributed by atoms with Gasteiger partial charge in [-0.1, -0.05) is 18.5 Å². The Morgan fingerprint density at radius 1 is 1.19 bits per heavy atom. The molecule has 36 heavy (non-hydrogen) atoms. The summed E-state index contributed by atoms with van der Waals surface area (Å²) in [6, 6.07) is 13.4. The van der Waals surface area contributed by atoms with Crippen LogP contribution in [0.1, 0.15) is 40.7 Å². The number of thiophene rings is 1. The van der Waals surface area contributed by atoms with E-state index in [1.165, 1.54) is 10.4 Å². The van der Waals surface area contributed by atoms with E-state index in [1.54, 1.807) is 23.6 Å². The SMILES string of the molecule is CCCNCc1ncc(-c2cc(F)c3c(c2)OC(c2cc(C)c(C)s2)n2c-3cc3cc(Cl)ccc32)[nH]1. The van der Waals surface area contributed by atoms with E-state index in [0.717, 1.165) is 46.0 Å². The number of rotatable bonds is 6. The van der Waals surface area contributed by atoms with Gasteiger partial charge in [-0.05, 0) is 74.8 Å². The average Bonchev–Trinajstić information content (AvgIpc) is 3.55. The Hall–Kier alpha value is -3.13. The molecular weight excluding hydrogens is 495 g/mol. The minimum atomic E-state index is -0.409. The number of nitrogens with zero attached hydrogens (tertiary/aromatic N) is 2. The second-order valence-corrected chi connectivity index (χ2v) is 10.9. The lowest BCUT2D eigenvalue weighted by atomic mass is 10.0. The largest absolute Gasteiger partial charge is 0.464 e. The predicted molar refractivity (Wildman–Crippen MR) is 144 cm³/mol. The van der Waals surface area contributed by atoms with Crippen LogP contribution in [-0.4, -0.2) is 21.1 Å². The molecule has 3 aromatic heterocycles. The molecule has 4 heterocycles. The summed E-state index contributed by atoms with van der Waals surface area (Å²) in [5.41, 5.74) is 4.86. The number of hydrogen-bond acceptors (Lipinski definition) is 4. The Balaban J connectivity index is 1.49. The molecule has 1 atom stereocenters. The van der Waals surface area contributed by atoms with E-state index < -0.39 is 6.23 Å². The van der Waals surface area contributed by atoms with Crippen LogP contribution in [0.4, 0.5) is 4.39 Å². The minimum absolute atomic E-state index is 0.338. The summed E-state index contributed by atoms with van der Waals surface area (Å²) in [6.45, 7) is 7.89. The fourth-order valence-electron chi connectivity index (χ4n) is 4.80. The van der Waals surface area contributed by atoms with Gasteiger partial charge in [-0.25, -0.2) is 9.37 Å². The summed E-state index contributed by atoms with van der Waals surface area (Å²) >= 11 is 8.00. The molecule has 0 saturated carbocycles. The van der Waals surface area contributed by atoms with Crippen LogP contribution in [0, 0.1) is 19.7 Å². The van der Waals surface area contributed by atoms with Crippen molar-refractivity contribution in [3.8, 4) is 28.3 Å². The number of fused-ring (bicyclic) bond motifs is 5. The second-order valence-electron chi connectivity index (χ2n) is 9.21. The van der Waals surface area contributed by atoms with Crippen LogP contribution >= 0.6 is 22.9 Å². The first-order chi connectivity index (χ1) is 17.4. The molecule has 0 aliphatic carbocycles. The van der Waals surface area contributed by atoms with E-state index in [0.29, 0.717) is 28.4 Å². The Morgan fingerprint density at radius 3 is 2.83 bits per heavy atom. The van der Waals surface area contributed by atoms with Crippen molar-refractivity contribution in [2.45, 2.75) is 40.0 Å². The summed E-state index contributed by atoms with van der Waals surface area (Å²) in [6.07, 6.45) is 2.39. The van der Waals surface area contributed by atoms with Crippen LogP contribution in [0.15, 0.2) is 48.7 Å². The standard InChI is InChI=1S/C28H26ClFN4OS/c1-4-7-31-14-26-32-13-21(33-26)17-10-20(30)27-23-11-18-9-19(29)5-6-22(18)34(23)28(35-24(27)12-17)25-8-15(2)16(3)36-25/h5-6,8-13,28,31H,4,7,14H2,1-3H3,(H,32,33). The van der Waals surface area contributed by atoms with Gasteiger partial charge in [0.15, 0.2) is 0 Å². The van der Waals surface area contributed by atoms with Gasteiger partial charge < -0.3 is 15.0 Å². The van der Waals surface area contributed by atoms with E-state index in [2.05, 4.69) is 46.7 Å². The van der Waals surface area contributed by atoms with Crippen LogP contribution in [0.2, 0.25) is 5.02 Å². The van der Waals surface area contributed by atoms with Gasteiger partial charge in [0.1, 0.15) is 17.4 Å². The van der Waals surface area contributed by atoms with Crippen molar-refractivity contribution in [3.05, 3.63) is 80.6 Å². The summed E-state index contributed by atoms with van der Waals surface area (Å²) < 4.78 is 24.5. The van der Waals surface area contributed by atoms with E-state index >= 15 is 4.39 Å². The normalized spacial score (nSPS) is 14.6. The van der Waals surface area contributed by atoms with Crippen LogP contribution in [0.5, 0.6) is 5.75 Å². The molecule has 1 unspecified atom stereocenters. The minimum Gasteiger partial charge on any atom is -0.464 e. The zero-order valence-corrected chi connectivity index (χ0v) is 21.9. The number of nitrogens with one attached hydrogen (secondary N) is 2. The molecule has 2 aromatic carbocycles. The molecule has 0 radical (unpaired) electrons. The maximum atomic E-state index is 15.8. The highest BCUT2D eigenvalue weighted by atomic mass is 35.5. The zero-order valence-electron chi connectivity index (χ0n) is 20.3. The summed E-state index contributed by atoms with van der Waals surface area (Å²) in [5, 5.41) is 4.93. The van der Waals surface area contributed by atoms with Gasteiger partial charge in [-0.3, -0.25) is 4.57 Å². The van der Waals surface area contributed by atoms with E-state index in [-0.39, 0.29) is 5.82 Å². The van der Waals surface area contributed by atoms with Gasteiger partial charge in [0.05, 0.1) is 40.1 Å². The number of aryl methyl sites for hydroxylation is 2. The lowest BCUT2D eigenvalue weighted by Crippen LogP contribution is -2.22. The summed E-state index contributed by atoms with van der Waals surface area (Å²) in [7, 11) is 0. The smallest absolute Gasteiger partial charge is 0.212 e. The number of benzene rings is 2. The van der Waals surface area contributed by atoms with Crippen LogP contribution in [0.3, 0.4) is 0 Å². The number of aromatic nitrogens is 3. The highest BCUT2D eigenvalue weighted by Gasteiger charge is 2.33. The lowest BCUT2D eigenvalue weighted by molar-refractivity contribution is 0.176. The highest BCUT2D eigenvalue weighted by molar-refractivity contribution is 7.12. The number of imidazole rings is 1. The Bertz CT molecular complexity index is 1580.